The molecule has 1 fully saturated rings. The largest absolute Gasteiger partial charge is 0.374 e. The van der Waals surface area contributed by atoms with Gasteiger partial charge in [-0.25, -0.2) is 9.46 Å². The smallest absolute Gasteiger partial charge is 0.353 e. The Hall–Kier alpha value is -1.20. The van der Waals surface area contributed by atoms with Crippen molar-refractivity contribution < 1.29 is 32.1 Å². The summed E-state index contributed by atoms with van der Waals surface area (Å²) in [6, 6.07) is 1.46. The van der Waals surface area contributed by atoms with E-state index in [2.05, 4.69) is 37.3 Å². The molecule has 0 aromatic carbocycles. The Kier molecular flexibility index (Phi) is 13.5. The van der Waals surface area contributed by atoms with Crippen molar-refractivity contribution in [3.05, 3.63) is 45.0 Å². The normalized spacial score (nSPS) is 23.3. The summed E-state index contributed by atoms with van der Waals surface area (Å²) in [5.41, 5.74) is -1.18. The Bertz CT molecular complexity index is 1030. The number of nitrogens with one attached hydrogen (secondary N) is 1. The maximum atomic E-state index is 13.1. The molecule has 1 aliphatic rings. The van der Waals surface area contributed by atoms with Gasteiger partial charge < -0.3 is 27.6 Å². The van der Waals surface area contributed by atoms with Crippen molar-refractivity contribution in [2.24, 2.45) is 0 Å². The number of nitrogens with zero attached hydrogens (tertiary/aromatic N) is 2. The second-order valence-electron chi connectivity index (χ2n) is 9.13. The Labute approximate surface area is 226 Å². The number of methoxy groups -OCH3 is 1. The number of aromatic amines is 1. The number of aromatic nitrogens is 2. The van der Waals surface area contributed by atoms with Crippen LogP contribution in [0.25, 0.3) is 0 Å². The summed E-state index contributed by atoms with van der Waals surface area (Å²) in [4.78, 5) is 26.5. The zero-order valence-corrected chi connectivity index (χ0v) is 25.4. The number of rotatable bonds is 16. The van der Waals surface area contributed by atoms with E-state index in [4.69, 9.17) is 27.6 Å². The maximum Gasteiger partial charge on any atom is 0.353 e. The number of hydrogen-bond donors (Lipinski definition) is 1. The minimum atomic E-state index is -3.55. The molecule has 1 aliphatic heterocycles. The Morgan fingerprint density at radius 3 is 2.26 bits per heavy atom. The molecule has 1 saturated heterocycles. The molecule has 2 heterocycles. The van der Waals surface area contributed by atoms with Crippen LogP contribution in [-0.2, 0) is 32.1 Å². The minimum Gasteiger partial charge on any atom is -0.374 e. The van der Waals surface area contributed by atoms with Crippen LogP contribution in [0.4, 0.5) is 0 Å². The van der Waals surface area contributed by atoms with Crippen molar-refractivity contribution in [3.63, 3.8) is 0 Å². The third kappa shape index (κ3) is 8.65. The SMILES string of the molecule is CCCOP(OC1[C@@H](/C=C/P(=O)(OCC)OCC)O[C@@H](n2ccc(=O)[nH]c2=O)[C@H]1OC)N(C(C)C)C(C)C. The highest BCUT2D eigenvalue weighted by Gasteiger charge is 2.49. The number of ether oxygens (including phenoxy) is 2. The molecule has 0 bridgehead atoms. The molecular formula is C24H43N3O9P2. The highest BCUT2D eigenvalue weighted by atomic mass is 31.2. The molecule has 0 amide bonds. The van der Waals surface area contributed by atoms with Gasteiger partial charge in [-0.2, -0.15) is 0 Å². The van der Waals surface area contributed by atoms with Crippen LogP contribution < -0.4 is 11.2 Å². The third-order valence-electron chi connectivity index (χ3n) is 5.56. The summed E-state index contributed by atoms with van der Waals surface area (Å²) in [6.45, 7) is 14.6. The Morgan fingerprint density at radius 1 is 1.13 bits per heavy atom. The van der Waals surface area contributed by atoms with Gasteiger partial charge in [-0.3, -0.25) is 18.9 Å². The van der Waals surface area contributed by atoms with Gasteiger partial charge in [-0.05, 0) is 54.0 Å². The van der Waals surface area contributed by atoms with Gasteiger partial charge >= 0.3 is 13.3 Å². The zero-order valence-electron chi connectivity index (χ0n) is 23.6. The van der Waals surface area contributed by atoms with Crippen LogP contribution in [0.1, 0.15) is 61.1 Å². The lowest BCUT2D eigenvalue weighted by molar-refractivity contribution is -0.0482. The van der Waals surface area contributed by atoms with E-state index < -0.39 is 51.9 Å². The highest BCUT2D eigenvalue weighted by molar-refractivity contribution is 7.57. The molecule has 1 aromatic rings. The van der Waals surface area contributed by atoms with Crippen molar-refractivity contribution in [2.45, 2.75) is 91.5 Å². The van der Waals surface area contributed by atoms with Crippen molar-refractivity contribution in [2.75, 3.05) is 26.9 Å². The molecule has 0 aliphatic carbocycles. The van der Waals surface area contributed by atoms with Crippen LogP contribution >= 0.6 is 16.1 Å². The molecule has 218 valence electrons. The standard InChI is InChI=1S/C24H43N3O9P2/c1-9-15-32-37(27(17(4)5)18(6)7)36-21-19(13-16-38(30,33-10-2)34-11-3)35-23(22(21)31-8)26-14-12-20(28)25-24(26)29/h12-14,16-19,21-23H,9-11,15H2,1-8H3,(H,25,28,29)/b16-13+/t19-,21?,22+,23-,37?/m1/s1. The van der Waals surface area contributed by atoms with E-state index in [9.17, 15) is 14.2 Å². The van der Waals surface area contributed by atoms with Crippen molar-refractivity contribution >= 4 is 16.1 Å². The molecule has 1 N–H and O–H groups in total. The topological polar surface area (TPSA) is 131 Å². The van der Waals surface area contributed by atoms with E-state index in [1.54, 1.807) is 19.9 Å². The lowest BCUT2D eigenvalue weighted by Gasteiger charge is -2.38. The maximum absolute atomic E-state index is 13.1. The van der Waals surface area contributed by atoms with Crippen molar-refractivity contribution in [1.29, 1.82) is 0 Å². The third-order valence-corrected chi connectivity index (χ3v) is 9.47. The zero-order chi connectivity index (χ0) is 28.5. The summed E-state index contributed by atoms with van der Waals surface area (Å²) in [5.74, 6) is 1.35. The van der Waals surface area contributed by atoms with Gasteiger partial charge in [0.15, 0.2) is 6.23 Å². The molecule has 12 nitrogen and oxygen atoms in total. The summed E-state index contributed by atoms with van der Waals surface area (Å²) in [5, 5.41) is 0. The van der Waals surface area contributed by atoms with Gasteiger partial charge in [0.2, 0.25) is 0 Å². The molecule has 0 radical (unpaired) electrons. The van der Waals surface area contributed by atoms with Crippen LogP contribution in [0, 0.1) is 0 Å². The lowest BCUT2D eigenvalue weighted by Crippen LogP contribution is -2.41. The second-order valence-corrected chi connectivity index (χ2v) is 12.4. The van der Waals surface area contributed by atoms with Crippen LogP contribution in [0.2, 0.25) is 0 Å². The molecule has 38 heavy (non-hydrogen) atoms. The number of H-pyrrole nitrogens is 1. The van der Waals surface area contributed by atoms with E-state index in [0.717, 1.165) is 6.42 Å². The van der Waals surface area contributed by atoms with E-state index in [1.165, 1.54) is 29.8 Å². The van der Waals surface area contributed by atoms with Gasteiger partial charge in [-0.1, -0.05) is 6.92 Å². The molecule has 5 atom stereocenters. The monoisotopic (exact) mass is 579 g/mol. The fourth-order valence-corrected chi connectivity index (χ4v) is 7.31. The van der Waals surface area contributed by atoms with Gasteiger partial charge in [0.25, 0.3) is 14.1 Å². The first-order valence-corrected chi connectivity index (χ1v) is 15.7. The summed E-state index contributed by atoms with van der Waals surface area (Å²) < 4.78 is 52.2. The average molecular weight is 580 g/mol. The molecule has 2 unspecified atom stereocenters. The van der Waals surface area contributed by atoms with Crippen LogP contribution in [0.3, 0.4) is 0 Å². The first-order valence-electron chi connectivity index (χ1n) is 13.0. The lowest BCUT2D eigenvalue weighted by atomic mass is 10.1. The molecule has 0 saturated carbocycles. The summed E-state index contributed by atoms with van der Waals surface area (Å²) in [6.07, 6.45) is 0.403. The van der Waals surface area contributed by atoms with Crippen molar-refractivity contribution in [1.82, 2.24) is 14.2 Å². The van der Waals surface area contributed by atoms with Crippen LogP contribution in [0.5, 0.6) is 0 Å². The first kappa shape index (κ1) is 33.0. The summed E-state index contributed by atoms with van der Waals surface area (Å²) in [7, 11) is -3.63. The van der Waals surface area contributed by atoms with Gasteiger partial charge in [0, 0.05) is 37.3 Å². The predicted molar refractivity (Wildman–Crippen MR) is 146 cm³/mol. The molecule has 1 aromatic heterocycles. The first-order chi connectivity index (χ1) is 18.0. The second kappa shape index (κ2) is 15.6. The van der Waals surface area contributed by atoms with E-state index in [-0.39, 0.29) is 25.3 Å². The van der Waals surface area contributed by atoms with Crippen molar-refractivity contribution in [3.8, 4) is 0 Å². The summed E-state index contributed by atoms with van der Waals surface area (Å²) >= 11 is 0. The fourth-order valence-electron chi connectivity index (χ4n) is 4.11. The Morgan fingerprint density at radius 2 is 1.76 bits per heavy atom. The van der Waals surface area contributed by atoms with Crippen LogP contribution in [0.15, 0.2) is 33.7 Å². The molecule has 0 spiro atoms. The molecular weight excluding hydrogens is 536 g/mol. The van der Waals surface area contributed by atoms with Gasteiger partial charge in [0.05, 0.1) is 19.8 Å². The fraction of sp³-hybridized carbons (Fsp3) is 0.750. The van der Waals surface area contributed by atoms with E-state index in [0.29, 0.717) is 6.61 Å². The molecule has 14 heteroatoms. The quantitative estimate of drug-likeness (QED) is 0.282. The average Bonchev–Trinajstić information content (AvgIpc) is 3.18. The minimum absolute atomic E-state index is 0.115. The molecule has 2 rings (SSSR count). The Balaban J connectivity index is 2.55. The van der Waals surface area contributed by atoms with Gasteiger partial charge in [0.1, 0.15) is 18.3 Å². The van der Waals surface area contributed by atoms with Crippen LogP contribution in [-0.4, -0.2) is 71.5 Å². The highest BCUT2D eigenvalue weighted by Crippen LogP contribution is 2.52. The van der Waals surface area contributed by atoms with Gasteiger partial charge in [-0.15, -0.1) is 0 Å². The number of hydrogen-bond acceptors (Lipinski definition) is 10. The predicted octanol–water partition coefficient (Wildman–Crippen LogP) is 4.39. The van der Waals surface area contributed by atoms with E-state index >= 15 is 0 Å². The van der Waals surface area contributed by atoms with E-state index in [1.807, 2.05) is 6.92 Å².